The lowest BCUT2D eigenvalue weighted by Crippen LogP contribution is -2.01. The molecule has 20 heavy (non-hydrogen) atoms. The summed E-state index contributed by atoms with van der Waals surface area (Å²) in [4.78, 5) is 4.18. The summed E-state index contributed by atoms with van der Waals surface area (Å²) in [6, 6.07) is 8.33. The number of anilines is 1. The lowest BCUT2D eigenvalue weighted by Gasteiger charge is -2.09. The van der Waals surface area contributed by atoms with Crippen molar-refractivity contribution in [3.8, 4) is 5.69 Å². The van der Waals surface area contributed by atoms with Gasteiger partial charge in [0.15, 0.2) is 0 Å². The summed E-state index contributed by atoms with van der Waals surface area (Å²) in [6.45, 7) is 0. The van der Waals surface area contributed by atoms with Gasteiger partial charge in [0.1, 0.15) is 5.82 Å². The molecule has 3 aromatic rings. The smallest absolute Gasteiger partial charge is 0.205 e. The molecule has 1 aromatic heterocycles. The largest absolute Gasteiger partial charge is 0.369 e. The molecule has 0 atom stereocenters. The molecule has 0 amide bonds. The zero-order valence-corrected chi connectivity index (χ0v) is 13.8. The van der Waals surface area contributed by atoms with Crippen molar-refractivity contribution in [2.24, 2.45) is 0 Å². The second-order valence-corrected chi connectivity index (χ2v) is 6.30. The van der Waals surface area contributed by atoms with Gasteiger partial charge < -0.3 is 5.73 Å². The van der Waals surface area contributed by atoms with Crippen molar-refractivity contribution in [2.45, 2.75) is 0 Å². The molecule has 0 aliphatic rings. The molecule has 0 radical (unpaired) electrons. The first-order valence-corrected chi connectivity index (χ1v) is 7.52. The van der Waals surface area contributed by atoms with Gasteiger partial charge in [0.05, 0.1) is 21.2 Å². The van der Waals surface area contributed by atoms with E-state index in [9.17, 15) is 4.39 Å². The molecular formula is C13H7Br2ClFN3. The average molecular weight is 419 g/mol. The first-order valence-electron chi connectivity index (χ1n) is 5.56. The number of fused-ring (bicyclic) bond motifs is 1. The van der Waals surface area contributed by atoms with Crippen molar-refractivity contribution >= 4 is 60.4 Å². The maximum atomic E-state index is 13.6. The number of imidazole rings is 1. The van der Waals surface area contributed by atoms with Crippen molar-refractivity contribution in [1.82, 2.24) is 9.55 Å². The van der Waals surface area contributed by atoms with E-state index in [0.717, 1.165) is 10.2 Å². The fraction of sp³-hybridized carbons (Fsp3) is 0. The monoisotopic (exact) mass is 417 g/mol. The number of hydrogen-bond donors (Lipinski definition) is 1. The molecular weight excluding hydrogens is 412 g/mol. The normalized spacial score (nSPS) is 11.2. The second kappa shape index (κ2) is 5.02. The molecule has 0 unspecified atom stereocenters. The predicted octanol–water partition coefficient (Wildman–Crippen LogP) is 4.93. The third kappa shape index (κ3) is 2.21. The zero-order chi connectivity index (χ0) is 14.4. The van der Waals surface area contributed by atoms with Gasteiger partial charge in [-0.05, 0) is 56.1 Å². The number of nitrogens with two attached hydrogens (primary N) is 1. The molecule has 0 saturated carbocycles. The van der Waals surface area contributed by atoms with Crippen LogP contribution in [0.4, 0.5) is 10.3 Å². The number of nitrogens with zero attached hydrogens (tertiary/aromatic N) is 2. The topological polar surface area (TPSA) is 43.8 Å². The van der Waals surface area contributed by atoms with E-state index in [0.29, 0.717) is 20.5 Å². The number of hydrogen-bond acceptors (Lipinski definition) is 2. The molecule has 0 bridgehead atoms. The summed E-state index contributed by atoms with van der Waals surface area (Å²) in [5.74, 6) is -0.0992. The van der Waals surface area contributed by atoms with Crippen molar-refractivity contribution in [1.29, 1.82) is 0 Å². The van der Waals surface area contributed by atoms with Crippen molar-refractivity contribution in [3.63, 3.8) is 0 Å². The minimum atomic E-state index is -0.377. The van der Waals surface area contributed by atoms with Crippen LogP contribution >= 0.6 is 43.5 Å². The third-order valence-electron chi connectivity index (χ3n) is 2.87. The third-order valence-corrected chi connectivity index (χ3v) is 4.35. The Kier molecular flexibility index (Phi) is 3.48. The summed E-state index contributed by atoms with van der Waals surface area (Å²) in [5, 5.41) is 0.607. The summed E-state index contributed by atoms with van der Waals surface area (Å²) in [6.07, 6.45) is 0. The van der Waals surface area contributed by atoms with Crippen LogP contribution in [0.15, 0.2) is 39.3 Å². The van der Waals surface area contributed by atoms with E-state index in [4.69, 9.17) is 17.3 Å². The van der Waals surface area contributed by atoms with Crippen molar-refractivity contribution in [3.05, 3.63) is 50.1 Å². The summed E-state index contributed by atoms with van der Waals surface area (Å²) in [5.41, 5.74) is 7.94. The Balaban J connectivity index is 2.35. The lowest BCUT2D eigenvalue weighted by molar-refractivity contribution is 0.623. The Morgan fingerprint density at radius 1 is 1.15 bits per heavy atom. The van der Waals surface area contributed by atoms with E-state index in [1.165, 1.54) is 6.07 Å². The van der Waals surface area contributed by atoms with Crippen LogP contribution in [0.2, 0.25) is 5.02 Å². The van der Waals surface area contributed by atoms with Gasteiger partial charge in [-0.1, -0.05) is 11.6 Å². The summed E-state index contributed by atoms with van der Waals surface area (Å²) < 4.78 is 16.4. The van der Waals surface area contributed by atoms with Crippen LogP contribution in [0, 0.1) is 5.82 Å². The van der Waals surface area contributed by atoms with Crippen molar-refractivity contribution < 1.29 is 4.39 Å². The van der Waals surface area contributed by atoms with Gasteiger partial charge in [-0.2, -0.15) is 0 Å². The maximum absolute atomic E-state index is 13.6. The Hall–Kier alpha value is -1.11. The molecule has 2 N–H and O–H groups in total. The van der Waals surface area contributed by atoms with E-state index < -0.39 is 0 Å². The van der Waals surface area contributed by atoms with E-state index >= 15 is 0 Å². The number of rotatable bonds is 1. The van der Waals surface area contributed by atoms with Crippen molar-refractivity contribution in [2.75, 3.05) is 5.73 Å². The number of nitrogen functional groups attached to an aromatic ring is 1. The molecule has 0 aliphatic carbocycles. The highest BCUT2D eigenvalue weighted by Gasteiger charge is 2.15. The van der Waals surface area contributed by atoms with Crippen LogP contribution in [0.3, 0.4) is 0 Å². The highest BCUT2D eigenvalue weighted by Crippen LogP contribution is 2.32. The van der Waals surface area contributed by atoms with Gasteiger partial charge in [-0.15, -0.1) is 0 Å². The minimum absolute atomic E-state index is 0.278. The number of aromatic nitrogens is 2. The second-order valence-electron chi connectivity index (χ2n) is 4.16. The van der Waals surface area contributed by atoms with Crippen LogP contribution in [0.5, 0.6) is 0 Å². The van der Waals surface area contributed by atoms with Crippen LogP contribution in [-0.4, -0.2) is 9.55 Å². The molecule has 3 rings (SSSR count). The van der Waals surface area contributed by atoms with E-state index in [1.54, 1.807) is 22.8 Å². The highest BCUT2D eigenvalue weighted by atomic mass is 79.9. The van der Waals surface area contributed by atoms with Gasteiger partial charge in [0.25, 0.3) is 0 Å². The Morgan fingerprint density at radius 3 is 2.60 bits per heavy atom. The fourth-order valence-corrected chi connectivity index (χ4v) is 3.20. The van der Waals surface area contributed by atoms with Gasteiger partial charge in [0.2, 0.25) is 5.95 Å². The standard InChI is InChI=1S/C13H7Br2ClFN3/c14-7-4-12-10(5-9(7)17)19-13(18)20(12)11-2-1-6(16)3-8(11)15/h1-5H,(H2,18,19). The number of benzene rings is 2. The first-order chi connectivity index (χ1) is 9.47. The summed E-state index contributed by atoms with van der Waals surface area (Å²) in [7, 11) is 0. The molecule has 0 saturated heterocycles. The lowest BCUT2D eigenvalue weighted by atomic mass is 10.2. The van der Waals surface area contributed by atoms with Crippen LogP contribution in [0.1, 0.15) is 0 Å². The van der Waals surface area contributed by atoms with E-state index in [2.05, 4.69) is 36.8 Å². The molecule has 0 aliphatic heterocycles. The first kappa shape index (κ1) is 13.9. The Morgan fingerprint density at radius 2 is 1.90 bits per heavy atom. The Labute approximate surface area is 135 Å². The predicted molar refractivity (Wildman–Crippen MR) is 85.9 cm³/mol. The molecule has 0 spiro atoms. The Bertz CT molecular complexity index is 832. The molecule has 102 valence electrons. The minimum Gasteiger partial charge on any atom is -0.369 e. The molecule has 0 fully saturated rings. The number of halogens is 4. The molecule has 7 heteroatoms. The van der Waals surface area contributed by atoms with Crippen LogP contribution in [0.25, 0.3) is 16.7 Å². The van der Waals surface area contributed by atoms with Gasteiger partial charge >= 0.3 is 0 Å². The van der Waals surface area contributed by atoms with Crippen LogP contribution in [-0.2, 0) is 0 Å². The summed E-state index contributed by atoms with van der Waals surface area (Å²) >= 11 is 12.6. The molecule has 3 nitrogen and oxygen atoms in total. The van der Waals surface area contributed by atoms with Gasteiger partial charge in [0, 0.05) is 15.6 Å². The van der Waals surface area contributed by atoms with Crippen LogP contribution < -0.4 is 5.73 Å². The molecule has 1 heterocycles. The fourth-order valence-electron chi connectivity index (χ4n) is 2.01. The highest BCUT2D eigenvalue weighted by molar-refractivity contribution is 9.10. The van der Waals surface area contributed by atoms with Gasteiger partial charge in [-0.25, -0.2) is 9.37 Å². The van der Waals surface area contributed by atoms with Gasteiger partial charge in [-0.3, -0.25) is 4.57 Å². The van der Waals surface area contributed by atoms with E-state index in [-0.39, 0.29) is 11.8 Å². The van der Waals surface area contributed by atoms with E-state index in [1.807, 2.05) is 6.07 Å². The zero-order valence-electron chi connectivity index (χ0n) is 9.87. The average Bonchev–Trinajstić information content (AvgIpc) is 2.66. The molecule has 2 aromatic carbocycles. The SMILES string of the molecule is Nc1nc2cc(F)c(Br)cc2n1-c1ccc(Cl)cc1Br. The maximum Gasteiger partial charge on any atom is 0.205 e. The quantitative estimate of drug-likeness (QED) is 0.608.